The first-order valence-corrected chi connectivity index (χ1v) is 9.01. The molecule has 4 rings (SSSR count). The molecular weight excluding hydrogens is 344 g/mol. The molecule has 0 fully saturated rings. The second kappa shape index (κ2) is 6.32. The number of fused-ring (bicyclic) bond motifs is 2. The molecule has 1 aliphatic rings. The van der Waals surface area contributed by atoms with Crippen molar-refractivity contribution in [1.82, 2.24) is 19.9 Å². The van der Waals surface area contributed by atoms with Gasteiger partial charge in [0.05, 0.1) is 34.9 Å². The Morgan fingerprint density at radius 2 is 2.04 bits per heavy atom. The number of H-pyrrole nitrogens is 1. The number of hydrogen-bond acceptors (Lipinski definition) is 7. The van der Waals surface area contributed by atoms with Crippen LogP contribution in [0.4, 0.5) is 0 Å². The van der Waals surface area contributed by atoms with E-state index in [1.54, 1.807) is 18.3 Å². The van der Waals surface area contributed by atoms with Crippen LogP contribution in [0.15, 0.2) is 23.5 Å². The minimum atomic E-state index is -1.43. The number of methoxy groups -OCH3 is 1. The smallest absolute Gasteiger partial charge is 0.215 e. The quantitative estimate of drug-likeness (QED) is 0.756. The SMILES string of the molecule is COc1ccc2[nH]c(S(=O)Cc3ncc(C)c4c3OCCO4)nc2n1. The summed E-state index contributed by atoms with van der Waals surface area (Å²) in [7, 11) is 0.110. The second-order valence-corrected chi connectivity index (χ2v) is 6.87. The normalized spacial score (nSPS) is 14.5. The zero-order valence-corrected chi connectivity index (χ0v) is 14.6. The fraction of sp³-hybridized carbons (Fsp3) is 0.312. The maximum atomic E-state index is 12.7. The summed E-state index contributed by atoms with van der Waals surface area (Å²) < 4.78 is 29.1. The molecule has 25 heavy (non-hydrogen) atoms. The summed E-state index contributed by atoms with van der Waals surface area (Å²) in [5.41, 5.74) is 2.64. The Bertz CT molecular complexity index is 972. The lowest BCUT2D eigenvalue weighted by Crippen LogP contribution is -2.18. The number of rotatable bonds is 4. The van der Waals surface area contributed by atoms with Crippen molar-refractivity contribution in [1.29, 1.82) is 0 Å². The van der Waals surface area contributed by atoms with E-state index in [2.05, 4.69) is 19.9 Å². The summed E-state index contributed by atoms with van der Waals surface area (Å²) in [6, 6.07) is 3.51. The second-order valence-electron chi connectivity index (χ2n) is 5.50. The molecule has 0 radical (unpaired) electrons. The number of ether oxygens (including phenoxy) is 3. The van der Waals surface area contributed by atoms with Crippen molar-refractivity contribution in [3.63, 3.8) is 0 Å². The Morgan fingerprint density at radius 3 is 2.84 bits per heavy atom. The highest BCUT2D eigenvalue weighted by atomic mass is 32.2. The molecule has 0 saturated carbocycles. The Balaban J connectivity index is 1.64. The van der Waals surface area contributed by atoms with Crippen molar-refractivity contribution in [2.75, 3.05) is 20.3 Å². The van der Waals surface area contributed by atoms with Crippen LogP contribution < -0.4 is 14.2 Å². The van der Waals surface area contributed by atoms with E-state index in [0.29, 0.717) is 52.6 Å². The predicted octanol–water partition coefficient (Wildman–Crippen LogP) is 1.75. The Hall–Kier alpha value is -2.68. The first kappa shape index (κ1) is 15.8. The number of pyridine rings is 2. The van der Waals surface area contributed by atoms with E-state index in [9.17, 15) is 4.21 Å². The lowest BCUT2D eigenvalue weighted by atomic mass is 10.2. The van der Waals surface area contributed by atoms with Crippen LogP contribution in [0.1, 0.15) is 11.3 Å². The summed E-state index contributed by atoms with van der Waals surface area (Å²) in [4.78, 5) is 15.9. The fourth-order valence-electron chi connectivity index (χ4n) is 2.59. The Morgan fingerprint density at radius 1 is 1.24 bits per heavy atom. The highest BCUT2D eigenvalue weighted by Gasteiger charge is 2.22. The molecule has 1 atom stereocenters. The predicted molar refractivity (Wildman–Crippen MR) is 90.5 cm³/mol. The molecule has 0 bridgehead atoms. The minimum absolute atomic E-state index is 0.170. The topological polar surface area (TPSA) is 99.2 Å². The molecule has 0 spiro atoms. The van der Waals surface area contributed by atoms with Gasteiger partial charge in [-0.3, -0.25) is 9.19 Å². The first-order valence-electron chi connectivity index (χ1n) is 7.69. The number of aryl methyl sites for hydroxylation is 1. The lowest BCUT2D eigenvalue weighted by molar-refractivity contribution is 0.168. The average Bonchev–Trinajstić information content (AvgIpc) is 3.07. The third kappa shape index (κ3) is 2.91. The molecule has 0 amide bonds. The number of nitrogens with zero attached hydrogens (tertiary/aromatic N) is 3. The van der Waals surface area contributed by atoms with E-state index in [0.717, 1.165) is 5.56 Å². The van der Waals surface area contributed by atoms with Gasteiger partial charge in [0, 0.05) is 17.8 Å². The largest absolute Gasteiger partial charge is 0.486 e. The number of aromatic amines is 1. The van der Waals surface area contributed by atoms with E-state index in [1.807, 2.05) is 6.92 Å². The molecule has 1 unspecified atom stereocenters. The average molecular weight is 360 g/mol. The molecule has 0 aromatic carbocycles. The van der Waals surface area contributed by atoms with E-state index < -0.39 is 10.8 Å². The van der Waals surface area contributed by atoms with Gasteiger partial charge in [-0.25, -0.2) is 4.98 Å². The van der Waals surface area contributed by atoms with Gasteiger partial charge in [0.2, 0.25) is 5.88 Å². The summed E-state index contributed by atoms with van der Waals surface area (Å²) in [5.74, 6) is 1.86. The maximum absolute atomic E-state index is 12.7. The van der Waals surface area contributed by atoms with Crippen LogP contribution in [0.3, 0.4) is 0 Å². The van der Waals surface area contributed by atoms with Gasteiger partial charge in [0.15, 0.2) is 22.3 Å². The molecule has 0 aliphatic carbocycles. The van der Waals surface area contributed by atoms with E-state index in [4.69, 9.17) is 14.2 Å². The summed E-state index contributed by atoms with van der Waals surface area (Å²) >= 11 is 0. The lowest BCUT2D eigenvalue weighted by Gasteiger charge is -2.21. The maximum Gasteiger partial charge on any atom is 0.215 e. The van der Waals surface area contributed by atoms with Crippen LogP contribution in [0.25, 0.3) is 11.2 Å². The van der Waals surface area contributed by atoms with Crippen LogP contribution >= 0.6 is 0 Å². The Labute approximate surface area is 146 Å². The molecule has 4 heterocycles. The highest BCUT2D eigenvalue weighted by molar-refractivity contribution is 7.84. The van der Waals surface area contributed by atoms with E-state index in [-0.39, 0.29) is 5.75 Å². The summed E-state index contributed by atoms with van der Waals surface area (Å²) in [6.07, 6.45) is 1.70. The van der Waals surface area contributed by atoms with Gasteiger partial charge in [0.1, 0.15) is 13.2 Å². The van der Waals surface area contributed by atoms with Crippen LogP contribution in [0, 0.1) is 6.92 Å². The van der Waals surface area contributed by atoms with Gasteiger partial charge in [-0.2, -0.15) is 4.98 Å². The number of hydrogen-bond donors (Lipinski definition) is 1. The molecule has 9 heteroatoms. The number of nitrogens with one attached hydrogen (secondary N) is 1. The zero-order chi connectivity index (χ0) is 17.4. The standard InChI is InChI=1S/C16H16N4O4S/c1-9-7-17-11(14-13(9)23-5-6-24-14)8-25(21)16-18-10-3-4-12(22-2)19-15(10)20-16/h3-4,7H,5-6,8H2,1-2H3,(H,18,19,20). The van der Waals surface area contributed by atoms with Crippen molar-refractivity contribution in [2.45, 2.75) is 17.8 Å². The fourth-order valence-corrected chi connectivity index (χ4v) is 3.59. The molecule has 3 aromatic rings. The molecular formula is C16H16N4O4S. The molecule has 1 aliphatic heterocycles. The van der Waals surface area contributed by atoms with E-state index in [1.165, 1.54) is 7.11 Å². The molecule has 130 valence electrons. The van der Waals surface area contributed by atoms with Crippen LogP contribution in [0.2, 0.25) is 0 Å². The van der Waals surface area contributed by atoms with Crippen molar-refractivity contribution in [3.05, 3.63) is 29.6 Å². The first-order chi connectivity index (χ1) is 12.2. The zero-order valence-electron chi connectivity index (χ0n) is 13.7. The Kier molecular flexibility index (Phi) is 4.00. The van der Waals surface area contributed by atoms with Crippen molar-refractivity contribution >= 4 is 22.0 Å². The van der Waals surface area contributed by atoms with Crippen LogP contribution in [-0.4, -0.2) is 44.5 Å². The summed E-state index contributed by atoms with van der Waals surface area (Å²) in [6.45, 7) is 2.85. The van der Waals surface area contributed by atoms with Gasteiger partial charge in [0.25, 0.3) is 0 Å². The molecule has 8 nitrogen and oxygen atoms in total. The van der Waals surface area contributed by atoms with Crippen molar-refractivity contribution in [3.8, 4) is 17.4 Å². The molecule has 3 aromatic heterocycles. The molecule has 1 N–H and O–H groups in total. The number of imidazole rings is 1. The van der Waals surface area contributed by atoms with Gasteiger partial charge in [-0.05, 0) is 13.0 Å². The van der Waals surface area contributed by atoms with Crippen molar-refractivity contribution in [2.24, 2.45) is 0 Å². The van der Waals surface area contributed by atoms with E-state index >= 15 is 0 Å². The third-order valence-corrected chi connectivity index (χ3v) is 4.97. The van der Waals surface area contributed by atoms with Crippen LogP contribution in [-0.2, 0) is 16.6 Å². The molecule has 0 saturated heterocycles. The van der Waals surface area contributed by atoms with Gasteiger partial charge in [-0.15, -0.1) is 0 Å². The van der Waals surface area contributed by atoms with Gasteiger partial charge < -0.3 is 19.2 Å². The van der Waals surface area contributed by atoms with Gasteiger partial charge in [-0.1, -0.05) is 0 Å². The third-order valence-electron chi connectivity index (χ3n) is 3.81. The van der Waals surface area contributed by atoms with Crippen molar-refractivity contribution < 1.29 is 18.4 Å². The number of aromatic nitrogens is 4. The summed E-state index contributed by atoms with van der Waals surface area (Å²) in [5, 5.41) is 0.337. The van der Waals surface area contributed by atoms with Crippen LogP contribution in [0.5, 0.6) is 17.4 Å². The monoisotopic (exact) mass is 360 g/mol. The highest BCUT2D eigenvalue weighted by Crippen LogP contribution is 2.36. The minimum Gasteiger partial charge on any atom is -0.486 e. The van der Waals surface area contributed by atoms with Gasteiger partial charge >= 0.3 is 0 Å².